The first-order valence-corrected chi connectivity index (χ1v) is 10.9. The Bertz CT molecular complexity index is 1330. The zero-order valence-electron chi connectivity index (χ0n) is 19.7. The van der Waals surface area contributed by atoms with Crippen molar-refractivity contribution in [1.82, 2.24) is 30.6 Å². The van der Waals surface area contributed by atoms with Crippen molar-refractivity contribution in [2.24, 2.45) is 0 Å². The summed E-state index contributed by atoms with van der Waals surface area (Å²) in [5.41, 5.74) is 13.7. The predicted molar refractivity (Wildman–Crippen MR) is 131 cm³/mol. The third-order valence-corrected chi connectivity index (χ3v) is 5.16. The Hall–Kier alpha value is -5.08. The van der Waals surface area contributed by atoms with E-state index >= 15 is 0 Å². The maximum Gasteiger partial charge on any atom is 0.326 e. The monoisotopic (exact) mass is 511 g/mol. The molecule has 0 aliphatic carbocycles. The molecule has 1 aromatic carbocycles. The molecule has 0 bridgehead atoms. The molecule has 15 heteroatoms. The molecule has 0 unspecified atom stereocenters. The van der Waals surface area contributed by atoms with Gasteiger partial charge in [-0.1, -0.05) is 0 Å². The molecule has 194 valence electrons. The second kappa shape index (κ2) is 11.6. The van der Waals surface area contributed by atoms with Crippen LogP contribution < -0.4 is 27.0 Å². The van der Waals surface area contributed by atoms with Gasteiger partial charge in [-0.05, 0) is 30.7 Å². The van der Waals surface area contributed by atoms with Gasteiger partial charge in [0.05, 0.1) is 25.0 Å². The van der Waals surface area contributed by atoms with E-state index in [0.29, 0.717) is 23.4 Å². The molecule has 1 atom stereocenters. The number of carbonyl (C=O) groups excluding carboxylic acids is 2. The standard InChI is InChI=1S/C22H25N9O6/c1-31(10-12-8-25-19-17(27-12)18(23)29-22(24)30-19)13-4-2-11(3-5-13)20(35)26-9-15(32)28-14(21(36)37)6-7-16(33)34/h2-5,8,14H,6-7,9-10H2,1H3,(H,26,35)(H,28,32)(H,33,34)(H,36,37)(H4,23,24,25,29,30)/t14-/m0/s1. The molecule has 3 aromatic rings. The zero-order chi connectivity index (χ0) is 27.1. The Labute approximate surface area is 209 Å². The fraction of sp³-hybridized carbons (Fsp3) is 0.273. The van der Waals surface area contributed by atoms with Crippen LogP contribution in [0.4, 0.5) is 17.5 Å². The Morgan fingerprint density at radius 1 is 1.05 bits per heavy atom. The van der Waals surface area contributed by atoms with Gasteiger partial charge in [-0.15, -0.1) is 0 Å². The molecule has 2 heterocycles. The normalized spacial score (nSPS) is 11.5. The number of nitrogen functional groups attached to an aromatic ring is 2. The van der Waals surface area contributed by atoms with Crippen LogP contribution in [0.3, 0.4) is 0 Å². The molecule has 0 aliphatic rings. The van der Waals surface area contributed by atoms with Crippen molar-refractivity contribution in [3.63, 3.8) is 0 Å². The summed E-state index contributed by atoms with van der Waals surface area (Å²) in [6.07, 6.45) is 0.851. The van der Waals surface area contributed by atoms with Crippen molar-refractivity contribution < 1.29 is 29.4 Å². The second-order valence-electron chi connectivity index (χ2n) is 7.98. The summed E-state index contributed by atoms with van der Waals surface area (Å²) < 4.78 is 0. The Kier molecular flexibility index (Phi) is 8.29. The lowest BCUT2D eigenvalue weighted by molar-refractivity contribution is -0.142. The van der Waals surface area contributed by atoms with E-state index in [2.05, 4.69) is 30.6 Å². The summed E-state index contributed by atoms with van der Waals surface area (Å²) >= 11 is 0. The summed E-state index contributed by atoms with van der Waals surface area (Å²) in [6, 6.07) is 5.16. The molecule has 0 saturated heterocycles. The number of amides is 2. The van der Waals surface area contributed by atoms with Gasteiger partial charge in [0.2, 0.25) is 11.9 Å². The van der Waals surface area contributed by atoms with Crippen LogP contribution in [0.2, 0.25) is 0 Å². The van der Waals surface area contributed by atoms with Gasteiger partial charge in [-0.2, -0.15) is 9.97 Å². The number of benzene rings is 1. The minimum Gasteiger partial charge on any atom is -0.481 e. The number of hydrogen-bond acceptors (Lipinski definition) is 11. The van der Waals surface area contributed by atoms with Crippen LogP contribution in [0.1, 0.15) is 28.9 Å². The molecule has 15 nitrogen and oxygen atoms in total. The summed E-state index contributed by atoms with van der Waals surface area (Å²) in [5.74, 6) is -3.71. The smallest absolute Gasteiger partial charge is 0.326 e. The first kappa shape index (κ1) is 26.5. The minimum absolute atomic E-state index is 0.00844. The van der Waals surface area contributed by atoms with Gasteiger partial charge in [0.25, 0.3) is 5.91 Å². The summed E-state index contributed by atoms with van der Waals surface area (Å²) in [5, 5.41) is 22.4. The van der Waals surface area contributed by atoms with E-state index in [4.69, 9.17) is 21.7 Å². The third kappa shape index (κ3) is 7.20. The minimum atomic E-state index is -1.37. The number of hydrogen-bond donors (Lipinski definition) is 6. The fourth-order valence-corrected chi connectivity index (χ4v) is 3.29. The molecule has 0 radical (unpaired) electrons. The Morgan fingerprint density at radius 2 is 1.76 bits per heavy atom. The number of fused-ring (bicyclic) bond motifs is 1. The fourth-order valence-electron chi connectivity index (χ4n) is 3.29. The van der Waals surface area contributed by atoms with Gasteiger partial charge in [-0.25, -0.2) is 14.8 Å². The van der Waals surface area contributed by atoms with Crippen LogP contribution >= 0.6 is 0 Å². The molecular weight excluding hydrogens is 486 g/mol. The van der Waals surface area contributed by atoms with E-state index in [1.165, 1.54) is 0 Å². The van der Waals surface area contributed by atoms with E-state index in [0.717, 1.165) is 5.69 Å². The number of carboxylic acid groups (broad SMARTS) is 2. The number of carboxylic acids is 2. The number of aromatic nitrogens is 4. The number of carbonyl (C=O) groups is 4. The van der Waals surface area contributed by atoms with Crippen molar-refractivity contribution in [1.29, 1.82) is 0 Å². The molecule has 0 saturated carbocycles. The van der Waals surface area contributed by atoms with Gasteiger partial charge in [-0.3, -0.25) is 14.4 Å². The second-order valence-corrected chi connectivity index (χ2v) is 7.98. The number of nitrogens with zero attached hydrogens (tertiary/aromatic N) is 5. The quantitative estimate of drug-likeness (QED) is 0.188. The van der Waals surface area contributed by atoms with E-state index in [1.54, 1.807) is 30.5 Å². The largest absolute Gasteiger partial charge is 0.481 e. The van der Waals surface area contributed by atoms with E-state index < -0.39 is 42.8 Å². The summed E-state index contributed by atoms with van der Waals surface area (Å²) in [6.45, 7) is -0.110. The van der Waals surface area contributed by atoms with Crippen molar-refractivity contribution in [3.8, 4) is 0 Å². The van der Waals surface area contributed by atoms with Gasteiger partial charge in [0.15, 0.2) is 17.0 Å². The zero-order valence-corrected chi connectivity index (χ0v) is 19.7. The maximum absolute atomic E-state index is 12.4. The highest BCUT2D eigenvalue weighted by molar-refractivity contribution is 5.97. The van der Waals surface area contributed by atoms with Crippen molar-refractivity contribution in [2.75, 3.05) is 30.0 Å². The van der Waals surface area contributed by atoms with Crippen LogP contribution in [0, 0.1) is 0 Å². The molecule has 3 rings (SSSR count). The topological polar surface area (TPSA) is 240 Å². The van der Waals surface area contributed by atoms with E-state index in [9.17, 15) is 19.2 Å². The summed E-state index contributed by atoms with van der Waals surface area (Å²) in [4.78, 5) is 64.6. The SMILES string of the molecule is CN(Cc1cnc2nc(N)nc(N)c2n1)c1ccc(C(=O)NCC(=O)N[C@@H](CCC(=O)O)C(=O)O)cc1. The van der Waals surface area contributed by atoms with Gasteiger partial charge in [0.1, 0.15) is 6.04 Å². The number of rotatable bonds is 11. The third-order valence-electron chi connectivity index (χ3n) is 5.16. The van der Waals surface area contributed by atoms with Crippen LogP contribution in [-0.2, 0) is 20.9 Å². The molecule has 37 heavy (non-hydrogen) atoms. The van der Waals surface area contributed by atoms with Crippen molar-refractivity contribution in [3.05, 3.63) is 41.7 Å². The average molecular weight is 511 g/mol. The summed E-state index contributed by atoms with van der Waals surface area (Å²) in [7, 11) is 1.82. The highest BCUT2D eigenvalue weighted by Gasteiger charge is 2.21. The highest BCUT2D eigenvalue weighted by Crippen LogP contribution is 2.18. The lowest BCUT2D eigenvalue weighted by Crippen LogP contribution is -2.45. The molecular formula is C22H25N9O6. The molecule has 0 aliphatic heterocycles. The molecule has 0 spiro atoms. The number of nitrogens with two attached hydrogens (primary N) is 2. The number of anilines is 3. The first-order valence-electron chi connectivity index (χ1n) is 10.9. The van der Waals surface area contributed by atoms with E-state index in [-0.39, 0.29) is 23.8 Å². The van der Waals surface area contributed by atoms with Crippen molar-refractivity contribution in [2.45, 2.75) is 25.4 Å². The molecule has 8 N–H and O–H groups in total. The average Bonchev–Trinajstić information content (AvgIpc) is 2.85. The molecule has 2 aromatic heterocycles. The molecule has 0 fully saturated rings. The van der Waals surface area contributed by atoms with Crippen LogP contribution in [-0.4, -0.2) is 73.5 Å². The lowest BCUT2D eigenvalue weighted by Gasteiger charge is -2.19. The van der Waals surface area contributed by atoms with E-state index in [1.807, 2.05) is 11.9 Å². The maximum atomic E-state index is 12.4. The Morgan fingerprint density at radius 3 is 2.41 bits per heavy atom. The predicted octanol–water partition coefficient (Wildman–Crippen LogP) is -0.615. The van der Waals surface area contributed by atoms with Gasteiger partial charge in [0, 0.05) is 24.7 Å². The lowest BCUT2D eigenvalue weighted by atomic mass is 10.1. The first-order chi connectivity index (χ1) is 17.5. The number of nitrogens with one attached hydrogen (secondary N) is 2. The van der Waals surface area contributed by atoms with Gasteiger partial charge >= 0.3 is 11.9 Å². The van der Waals surface area contributed by atoms with Gasteiger partial charge < -0.3 is 37.2 Å². The highest BCUT2D eigenvalue weighted by atomic mass is 16.4. The van der Waals surface area contributed by atoms with Crippen LogP contribution in [0.5, 0.6) is 0 Å². The number of aliphatic carboxylic acids is 2. The van der Waals surface area contributed by atoms with Crippen molar-refractivity contribution >= 4 is 52.4 Å². The van der Waals surface area contributed by atoms with Crippen LogP contribution in [0.25, 0.3) is 11.2 Å². The van der Waals surface area contributed by atoms with Crippen LogP contribution in [0.15, 0.2) is 30.5 Å². The Balaban J connectivity index is 1.55. The molecule has 2 amide bonds.